The molecule has 1 atom stereocenters. The van der Waals surface area contributed by atoms with Crippen LogP contribution in [0.4, 0.5) is 0 Å². The van der Waals surface area contributed by atoms with E-state index in [4.69, 9.17) is 4.74 Å². The Kier molecular flexibility index (Phi) is 6.31. The van der Waals surface area contributed by atoms with Gasteiger partial charge in [-0.1, -0.05) is 0 Å². The van der Waals surface area contributed by atoms with Gasteiger partial charge in [0.1, 0.15) is 5.69 Å². The number of carbonyl (C=O) groups is 2. The van der Waals surface area contributed by atoms with Crippen molar-refractivity contribution in [3.8, 4) is 0 Å². The Bertz CT molecular complexity index is 1130. The van der Waals surface area contributed by atoms with Crippen LogP contribution in [-0.4, -0.2) is 65.1 Å². The van der Waals surface area contributed by atoms with Crippen molar-refractivity contribution in [2.45, 2.75) is 53.6 Å². The molecule has 1 aliphatic rings. The highest BCUT2D eigenvalue weighted by Gasteiger charge is 2.32. The number of H-pyrrole nitrogens is 1. The largest absolute Gasteiger partial charge is 0.462 e. The number of sulfone groups is 1. The molecule has 1 saturated heterocycles. The Morgan fingerprint density at radius 2 is 1.94 bits per heavy atom. The van der Waals surface area contributed by atoms with Crippen LogP contribution in [0.2, 0.25) is 0 Å². The first-order valence-corrected chi connectivity index (χ1v) is 12.2. The molecule has 0 aliphatic carbocycles. The number of esters is 1. The van der Waals surface area contributed by atoms with Crippen molar-refractivity contribution < 1.29 is 22.7 Å². The van der Waals surface area contributed by atoms with E-state index in [2.05, 4.69) is 10.1 Å². The smallest absolute Gasteiger partial charge is 0.340 e. The number of nitrogens with zero attached hydrogens (tertiary/aromatic N) is 3. The fourth-order valence-electron chi connectivity index (χ4n) is 4.22. The lowest BCUT2D eigenvalue weighted by atomic mass is 10.1. The van der Waals surface area contributed by atoms with Crippen LogP contribution in [0.5, 0.6) is 0 Å². The van der Waals surface area contributed by atoms with Crippen LogP contribution in [0, 0.1) is 27.7 Å². The van der Waals surface area contributed by atoms with Crippen molar-refractivity contribution in [1.29, 1.82) is 0 Å². The third-order valence-electron chi connectivity index (χ3n) is 5.90. The lowest BCUT2D eigenvalue weighted by Crippen LogP contribution is -2.27. The maximum atomic E-state index is 13.1. The number of hydrogen-bond donors (Lipinski definition) is 1. The average molecular weight is 451 g/mol. The van der Waals surface area contributed by atoms with Gasteiger partial charge in [-0.2, -0.15) is 5.10 Å². The summed E-state index contributed by atoms with van der Waals surface area (Å²) >= 11 is 0. The average Bonchev–Trinajstić information content (AvgIpc) is 3.29. The summed E-state index contributed by atoms with van der Waals surface area (Å²) in [5.41, 5.74) is 4.43. The molecular formula is C21H30N4O5S. The highest BCUT2D eigenvalue weighted by molar-refractivity contribution is 7.91. The van der Waals surface area contributed by atoms with Gasteiger partial charge in [0.05, 0.1) is 35.4 Å². The number of carbonyl (C=O) groups excluding carboxylic acids is 2. The summed E-state index contributed by atoms with van der Waals surface area (Å²) < 4.78 is 30.6. The topological polar surface area (TPSA) is 114 Å². The molecule has 0 saturated carbocycles. The molecule has 1 N–H and O–H groups in total. The molecule has 1 amide bonds. The van der Waals surface area contributed by atoms with Gasteiger partial charge in [-0.05, 0) is 46.6 Å². The Hall–Kier alpha value is -2.62. The molecule has 10 heteroatoms. The van der Waals surface area contributed by atoms with Crippen LogP contribution in [0.3, 0.4) is 0 Å². The maximum Gasteiger partial charge on any atom is 0.340 e. The molecule has 0 radical (unpaired) electrons. The summed E-state index contributed by atoms with van der Waals surface area (Å²) in [5, 5.41) is 4.57. The summed E-state index contributed by atoms with van der Waals surface area (Å²) in [5.74, 6) is -0.417. The van der Waals surface area contributed by atoms with Gasteiger partial charge < -0.3 is 14.6 Å². The Balaban J connectivity index is 1.83. The zero-order valence-corrected chi connectivity index (χ0v) is 19.7. The van der Waals surface area contributed by atoms with Crippen LogP contribution in [0.25, 0.3) is 0 Å². The van der Waals surface area contributed by atoms with Gasteiger partial charge in [-0.3, -0.25) is 9.48 Å². The Morgan fingerprint density at radius 1 is 1.26 bits per heavy atom. The number of amides is 1. The monoisotopic (exact) mass is 450 g/mol. The number of aromatic amines is 1. The van der Waals surface area contributed by atoms with E-state index in [1.807, 2.05) is 13.8 Å². The molecule has 1 unspecified atom stereocenters. The number of nitrogens with one attached hydrogen (secondary N) is 1. The first-order valence-electron chi connectivity index (χ1n) is 10.3. The standard InChI is InChI=1S/C21H30N4O5S/c1-7-30-21(27)18-12(2)19(22-14(18)4)20(26)24(6)10-17-13(3)23-25(15(17)5)16-8-9-31(28,29)11-16/h16,22H,7-11H2,1-6H3. The fraction of sp³-hybridized carbons (Fsp3) is 0.571. The minimum atomic E-state index is -3.02. The Labute approximate surface area is 182 Å². The molecule has 2 aromatic rings. The number of hydrogen-bond acceptors (Lipinski definition) is 6. The van der Waals surface area contributed by atoms with Gasteiger partial charge in [-0.25, -0.2) is 13.2 Å². The molecule has 3 heterocycles. The molecule has 0 bridgehead atoms. The van der Waals surface area contributed by atoms with E-state index < -0.39 is 15.8 Å². The third kappa shape index (κ3) is 4.39. The summed E-state index contributed by atoms with van der Waals surface area (Å²) in [6.45, 7) is 9.56. The van der Waals surface area contributed by atoms with Gasteiger partial charge in [0.25, 0.3) is 5.91 Å². The molecule has 1 aliphatic heterocycles. The normalized spacial score (nSPS) is 17.7. The minimum Gasteiger partial charge on any atom is -0.462 e. The second kappa shape index (κ2) is 8.49. The molecule has 170 valence electrons. The van der Waals surface area contributed by atoms with Crippen LogP contribution in [0.15, 0.2) is 0 Å². The van der Waals surface area contributed by atoms with Crippen molar-refractivity contribution in [3.05, 3.63) is 39.5 Å². The second-order valence-electron chi connectivity index (χ2n) is 8.16. The highest BCUT2D eigenvalue weighted by Crippen LogP contribution is 2.28. The molecule has 0 spiro atoms. The van der Waals surface area contributed by atoms with Crippen molar-refractivity contribution in [3.63, 3.8) is 0 Å². The van der Waals surface area contributed by atoms with E-state index >= 15 is 0 Å². The van der Waals surface area contributed by atoms with Crippen LogP contribution in [-0.2, 0) is 21.1 Å². The molecule has 1 fully saturated rings. The van der Waals surface area contributed by atoms with Gasteiger partial charge >= 0.3 is 5.97 Å². The maximum absolute atomic E-state index is 13.1. The molecule has 31 heavy (non-hydrogen) atoms. The molecular weight excluding hydrogens is 420 g/mol. The highest BCUT2D eigenvalue weighted by atomic mass is 32.2. The van der Waals surface area contributed by atoms with Gasteiger partial charge in [0, 0.05) is 30.5 Å². The first kappa shape index (κ1) is 23.1. The predicted molar refractivity (Wildman–Crippen MR) is 116 cm³/mol. The summed E-state index contributed by atoms with van der Waals surface area (Å²) in [7, 11) is -1.33. The number of aromatic nitrogens is 3. The summed E-state index contributed by atoms with van der Waals surface area (Å²) in [6.07, 6.45) is 0.552. The van der Waals surface area contributed by atoms with E-state index in [0.717, 1.165) is 17.0 Å². The van der Waals surface area contributed by atoms with Gasteiger partial charge in [-0.15, -0.1) is 0 Å². The van der Waals surface area contributed by atoms with E-state index in [1.165, 1.54) is 0 Å². The molecule has 3 rings (SSSR count). The van der Waals surface area contributed by atoms with Crippen molar-refractivity contribution in [2.24, 2.45) is 0 Å². The zero-order chi connectivity index (χ0) is 23.1. The van der Waals surface area contributed by atoms with Crippen molar-refractivity contribution in [1.82, 2.24) is 19.7 Å². The summed E-state index contributed by atoms with van der Waals surface area (Å²) in [6, 6.07) is -0.168. The van der Waals surface area contributed by atoms with Crippen LogP contribution >= 0.6 is 0 Å². The molecule has 0 aromatic carbocycles. The minimum absolute atomic E-state index is 0.0980. The number of rotatable bonds is 6. The number of ether oxygens (including phenoxy) is 1. The first-order chi connectivity index (χ1) is 14.5. The lowest BCUT2D eigenvalue weighted by molar-refractivity contribution is 0.0525. The van der Waals surface area contributed by atoms with E-state index in [1.54, 1.807) is 37.4 Å². The predicted octanol–water partition coefficient (Wildman–Crippen LogP) is 2.25. The zero-order valence-electron chi connectivity index (χ0n) is 18.9. The van der Waals surface area contributed by atoms with Crippen LogP contribution in [0.1, 0.15) is 68.4 Å². The lowest BCUT2D eigenvalue weighted by Gasteiger charge is -2.18. The quantitative estimate of drug-likeness (QED) is 0.675. The molecule has 2 aromatic heterocycles. The van der Waals surface area contributed by atoms with E-state index in [-0.39, 0.29) is 30.1 Å². The van der Waals surface area contributed by atoms with E-state index in [9.17, 15) is 18.0 Å². The fourth-order valence-corrected chi connectivity index (χ4v) is 5.91. The van der Waals surface area contributed by atoms with Crippen LogP contribution < -0.4 is 0 Å². The van der Waals surface area contributed by atoms with Crippen molar-refractivity contribution >= 4 is 21.7 Å². The SMILES string of the molecule is CCOC(=O)c1c(C)[nH]c(C(=O)N(C)Cc2c(C)nn(C3CCS(=O)(=O)C3)c2C)c1C. The van der Waals surface area contributed by atoms with Gasteiger partial charge in [0.15, 0.2) is 9.84 Å². The van der Waals surface area contributed by atoms with E-state index in [0.29, 0.717) is 35.5 Å². The van der Waals surface area contributed by atoms with Crippen molar-refractivity contribution in [2.75, 3.05) is 25.2 Å². The van der Waals surface area contributed by atoms with Gasteiger partial charge in [0.2, 0.25) is 0 Å². The third-order valence-corrected chi connectivity index (χ3v) is 7.65. The number of aryl methyl sites for hydroxylation is 2. The second-order valence-corrected chi connectivity index (χ2v) is 10.4. The molecule has 9 nitrogen and oxygen atoms in total. The Morgan fingerprint density at radius 3 is 2.52 bits per heavy atom. The summed E-state index contributed by atoms with van der Waals surface area (Å²) in [4.78, 5) is 29.9.